The molecule has 2 nitrogen and oxygen atoms in total. The Bertz CT molecular complexity index is 415. The number of hydrogen-bond acceptors (Lipinski definition) is 2. The first-order valence-electron chi connectivity index (χ1n) is 5.51. The van der Waals surface area contributed by atoms with E-state index in [4.69, 9.17) is 0 Å². The Kier molecular flexibility index (Phi) is 5.08. The molecule has 0 saturated carbocycles. The van der Waals surface area contributed by atoms with Crippen LogP contribution in [0.2, 0.25) is 0 Å². The van der Waals surface area contributed by atoms with Crippen molar-refractivity contribution in [3.63, 3.8) is 0 Å². The van der Waals surface area contributed by atoms with Crippen molar-refractivity contribution in [2.45, 2.75) is 20.3 Å². The third kappa shape index (κ3) is 5.61. The van der Waals surface area contributed by atoms with Gasteiger partial charge in [0.2, 0.25) is 0 Å². The summed E-state index contributed by atoms with van der Waals surface area (Å²) < 4.78 is 0. The van der Waals surface area contributed by atoms with Gasteiger partial charge < -0.3 is 0 Å². The fourth-order valence-corrected chi connectivity index (χ4v) is 1.39. The minimum atomic E-state index is 0.0314. The lowest BCUT2D eigenvalue weighted by Gasteiger charge is -2.00. The summed E-state index contributed by atoms with van der Waals surface area (Å²) in [6.07, 6.45) is 15.2. The van der Waals surface area contributed by atoms with Crippen LogP contribution < -0.4 is 0 Å². The van der Waals surface area contributed by atoms with Gasteiger partial charge in [-0.05, 0) is 43.6 Å². The van der Waals surface area contributed by atoms with Crippen LogP contribution in [0.15, 0.2) is 59.8 Å². The highest BCUT2D eigenvalue weighted by Gasteiger charge is 1.99. The van der Waals surface area contributed by atoms with Crippen molar-refractivity contribution in [2.75, 3.05) is 0 Å². The molecule has 0 bridgehead atoms. The van der Waals surface area contributed by atoms with E-state index in [0.29, 0.717) is 0 Å². The lowest BCUT2D eigenvalue weighted by molar-refractivity contribution is -0.113. The molecule has 0 aromatic rings. The molecule has 17 heavy (non-hydrogen) atoms. The number of allylic oxidation sites excluding steroid dienone is 10. The Balaban J connectivity index is 2.77. The highest BCUT2D eigenvalue weighted by molar-refractivity contribution is 5.88. The average Bonchev–Trinajstić information content (AvgIpc) is 2.48. The number of carbonyl (C=O) groups is 2. The van der Waals surface area contributed by atoms with Gasteiger partial charge in [-0.1, -0.05) is 36.5 Å². The van der Waals surface area contributed by atoms with Gasteiger partial charge in [-0.25, -0.2) is 0 Å². The highest BCUT2D eigenvalue weighted by atomic mass is 16.1. The molecule has 0 aromatic heterocycles. The Hall–Kier alpha value is -1.96. The third-order valence-corrected chi connectivity index (χ3v) is 2.20. The molecule has 0 N–H and O–H groups in total. The van der Waals surface area contributed by atoms with Gasteiger partial charge in [0.15, 0.2) is 11.6 Å². The average molecular weight is 228 g/mol. The lowest BCUT2D eigenvalue weighted by atomic mass is 10.0. The zero-order valence-electron chi connectivity index (χ0n) is 10.1. The summed E-state index contributed by atoms with van der Waals surface area (Å²) in [6.45, 7) is 3.05. The predicted molar refractivity (Wildman–Crippen MR) is 69.6 cm³/mol. The van der Waals surface area contributed by atoms with E-state index < -0.39 is 0 Å². The third-order valence-electron chi connectivity index (χ3n) is 2.20. The van der Waals surface area contributed by atoms with Gasteiger partial charge in [0, 0.05) is 0 Å². The van der Waals surface area contributed by atoms with Crippen LogP contribution in [-0.2, 0) is 9.59 Å². The van der Waals surface area contributed by atoms with E-state index >= 15 is 0 Å². The van der Waals surface area contributed by atoms with Crippen LogP contribution in [0, 0.1) is 0 Å². The molecular formula is C15H16O2. The first kappa shape index (κ1) is 13.1. The molecule has 0 radical (unpaired) electrons. The summed E-state index contributed by atoms with van der Waals surface area (Å²) in [4.78, 5) is 21.7. The number of rotatable bonds is 4. The van der Waals surface area contributed by atoms with E-state index in [2.05, 4.69) is 0 Å². The molecule has 0 amide bonds. The minimum absolute atomic E-state index is 0.0314. The second-order valence-electron chi connectivity index (χ2n) is 3.93. The zero-order valence-corrected chi connectivity index (χ0v) is 10.1. The van der Waals surface area contributed by atoms with E-state index in [1.165, 1.54) is 13.8 Å². The fraction of sp³-hybridized carbons (Fsp3) is 0.200. The van der Waals surface area contributed by atoms with Gasteiger partial charge in [-0.2, -0.15) is 0 Å². The van der Waals surface area contributed by atoms with Crippen molar-refractivity contribution < 1.29 is 9.59 Å². The SMILES string of the molecule is CC(=O)/C=C/C1=CC=CC=C(/C=C/C(C)=O)C1. The molecule has 1 rings (SSSR count). The van der Waals surface area contributed by atoms with Crippen LogP contribution in [0.5, 0.6) is 0 Å². The Labute approximate surface area is 102 Å². The van der Waals surface area contributed by atoms with Crippen LogP contribution in [0.4, 0.5) is 0 Å². The van der Waals surface area contributed by atoms with Crippen LogP contribution >= 0.6 is 0 Å². The largest absolute Gasteiger partial charge is 0.295 e. The molecule has 0 heterocycles. The maximum atomic E-state index is 10.9. The fourth-order valence-electron chi connectivity index (χ4n) is 1.39. The van der Waals surface area contributed by atoms with E-state index in [9.17, 15) is 9.59 Å². The molecule has 1 aliphatic carbocycles. The Morgan fingerprint density at radius 2 is 1.35 bits per heavy atom. The zero-order chi connectivity index (χ0) is 12.7. The Morgan fingerprint density at radius 1 is 0.941 bits per heavy atom. The minimum Gasteiger partial charge on any atom is -0.295 e. The topological polar surface area (TPSA) is 34.1 Å². The molecule has 88 valence electrons. The van der Waals surface area contributed by atoms with Gasteiger partial charge >= 0.3 is 0 Å². The maximum Gasteiger partial charge on any atom is 0.152 e. The molecular weight excluding hydrogens is 212 g/mol. The van der Waals surface area contributed by atoms with Crippen molar-refractivity contribution in [2.24, 2.45) is 0 Å². The van der Waals surface area contributed by atoms with Gasteiger partial charge in [0.25, 0.3) is 0 Å². The van der Waals surface area contributed by atoms with E-state index in [-0.39, 0.29) is 11.6 Å². The first-order chi connectivity index (χ1) is 8.08. The predicted octanol–water partition coefficient (Wildman–Crippen LogP) is 3.09. The van der Waals surface area contributed by atoms with Gasteiger partial charge in [-0.3, -0.25) is 9.59 Å². The van der Waals surface area contributed by atoms with Crippen molar-refractivity contribution >= 4 is 11.6 Å². The summed E-state index contributed by atoms with van der Waals surface area (Å²) in [5, 5.41) is 0. The standard InChI is InChI=1S/C15H16O2/c1-12(16)7-9-14-5-3-4-6-15(11-14)10-8-13(2)17/h3-10H,11H2,1-2H3/b9-7+,10-8+. The first-order valence-corrected chi connectivity index (χ1v) is 5.51. The van der Waals surface area contributed by atoms with E-state index in [0.717, 1.165) is 17.6 Å². The molecule has 0 fully saturated rings. The molecule has 2 heteroatoms. The Morgan fingerprint density at radius 3 is 1.71 bits per heavy atom. The smallest absolute Gasteiger partial charge is 0.152 e. The van der Waals surface area contributed by atoms with Crippen molar-refractivity contribution in [3.8, 4) is 0 Å². The summed E-state index contributed by atoms with van der Waals surface area (Å²) in [5.74, 6) is 0.0628. The van der Waals surface area contributed by atoms with Crippen molar-refractivity contribution in [1.29, 1.82) is 0 Å². The number of ketones is 2. The summed E-state index contributed by atoms with van der Waals surface area (Å²) >= 11 is 0. The molecule has 0 saturated heterocycles. The lowest BCUT2D eigenvalue weighted by Crippen LogP contribution is -1.87. The monoisotopic (exact) mass is 228 g/mol. The van der Waals surface area contributed by atoms with Crippen LogP contribution in [0.3, 0.4) is 0 Å². The summed E-state index contributed by atoms with van der Waals surface area (Å²) in [5.41, 5.74) is 2.10. The van der Waals surface area contributed by atoms with Crippen LogP contribution in [0.25, 0.3) is 0 Å². The quantitative estimate of drug-likeness (QED) is 0.693. The van der Waals surface area contributed by atoms with Crippen LogP contribution in [0.1, 0.15) is 20.3 Å². The summed E-state index contributed by atoms with van der Waals surface area (Å²) in [7, 11) is 0. The summed E-state index contributed by atoms with van der Waals surface area (Å²) in [6, 6.07) is 0. The normalized spacial score (nSPS) is 15.9. The second-order valence-corrected chi connectivity index (χ2v) is 3.93. The molecule has 0 unspecified atom stereocenters. The van der Waals surface area contributed by atoms with Gasteiger partial charge in [0.05, 0.1) is 0 Å². The number of carbonyl (C=O) groups excluding carboxylic acids is 2. The van der Waals surface area contributed by atoms with Crippen molar-refractivity contribution in [3.05, 3.63) is 59.8 Å². The van der Waals surface area contributed by atoms with E-state index in [1.807, 2.05) is 36.5 Å². The number of hydrogen-bond donors (Lipinski definition) is 0. The molecule has 1 aliphatic rings. The molecule has 0 spiro atoms. The molecule has 0 atom stereocenters. The highest BCUT2D eigenvalue weighted by Crippen LogP contribution is 2.17. The molecule has 0 aliphatic heterocycles. The van der Waals surface area contributed by atoms with Gasteiger partial charge in [0.1, 0.15) is 0 Å². The second kappa shape index (κ2) is 6.59. The molecule has 0 aromatic carbocycles. The van der Waals surface area contributed by atoms with E-state index in [1.54, 1.807) is 12.2 Å². The maximum absolute atomic E-state index is 10.9. The van der Waals surface area contributed by atoms with Crippen LogP contribution in [-0.4, -0.2) is 11.6 Å². The van der Waals surface area contributed by atoms with Crippen molar-refractivity contribution in [1.82, 2.24) is 0 Å². The van der Waals surface area contributed by atoms with Gasteiger partial charge in [-0.15, -0.1) is 0 Å².